The molecule has 3 heteroatoms. The molecule has 1 N–H and O–H groups in total. The average molecular weight is 308 g/mol. The van der Waals surface area contributed by atoms with E-state index in [1.165, 1.54) is 11.6 Å². The van der Waals surface area contributed by atoms with Crippen LogP contribution in [0.25, 0.3) is 0 Å². The largest absolute Gasteiger partial charge is 0.309 e. The van der Waals surface area contributed by atoms with Crippen LogP contribution in [0.3, 0.4) is 0 Å². The van der Waals surface area contributed by atoms with Gasteiger partial charge in [0.2, 0.25) is 0 Å². The van der Waals surface area contributed by atoms with Crippen molar-refractivity contribution in [2.45, 2.75) is 13.0 Å². The zero-order chi connectivity index (χ0) is 13.1. The van der Waals surface area contributed by atoms with Crippen molar-refractivity contribution in [2.75, 3.05) is 7.05 Å². The van der Waals surface area contributed by atoms with Gasteiger partial charge in [-0.05, 0) is 48.9 Å². The summed E-state index contributed by atoms with van der Waals surface area (Å²) in [7, 11) is 1.88. The first-order chi connectivity index (χ1) is 8.61. The van der Waals surface area contributed by atoms with E-state index in [9.17, 15) is 4.39 Å². The van der Waals surface area contributed by atoms with Crippen LogP contribution in [0.15, 0.2) is 46.9 Å². The fraction of sp³-hybridized carbons (Fsp3) is 0.200. The van der Waals surface area contributed by atoms with Gasteiger partial charge >= 0.3 is 0 Å². The molecule has 0 amide bonds. The highest BCUT2D eigenvalue weighted by molar-refractivity contribution is 9.10. The summed E-state index contributed by atoms with van der Waals surface area (Å²) < 4.78 is 14.3. The Morgan fingerprint density at radius 1 is 1.17 bits per heavy atom. The average Bonchev–Trinajstić information content (AvgIpc) is 2.33. The number of hydrogen-bond donors (Lipinski definition) is 1. The normalized spacial score (nSPS) is 12.4. The third kappa shape index (κ3) is 2.79. The van der Waals surface area contributed by atoms with Crippen LogP contribution in [-0.2, 0) is 0 Å². The maximum absolute atomic E-state index is 13.3. The van der Waals surface area contributed by atoms with Crippen molar-refractivity contribution in [1.82, 2.24) is 5.32 Å². The van der Waals surface area contributed by atoms with Gasteiger partial charge in [0.1, 0.15) is 5.82 Å². The molecule has 94 valence electrons. The summed E-state index contributed by atoms with van der Waals surface area (Å²) in [5.41, 5.74) is 3.22. The van der Waals surface area contributed by atoms with Crippen LogP contribution in [0, 0.1) is 12.7 Å². The SMILES string of the molecule is CNC(c1cccc(F)c1)c1ccc(C)cc1Br. The van der Waals surface area contributed by atoms with E-state index in [0.29, 0.717) is 0 Å². The molecule has 0 fully saturated rings. The minimum atomic E-state index is -0.212. The first-order valence-electron chi connectivity index (χ1n) is 5.80. The summed E-state index contributed by atoms with van der Waals surface area (Å²) in [6, 6.07) is 12.9. The molecule has 0 spiro atoms. The van der Waals surface area contributed by atoms with E-state index in [4.69, 9.17) is 0 Å². The molecule has 0 heterocycles. The van der Waals surface area contributed by atoms with Gasteiger partial charge < -0.3 is 5.32 Å². The van der Waals surface area contributed by atoms with E-state index >= 15 is 0 Å². The van der Waals surface area contributed by atoms with E-state index in [1.54, 1.807) is 12.1 Å². The first-order valence-corrected chi connectivity index (χ1v) is 6.60. The van der Waals surface area contributed by atoms with Crippen LogP contribution >= 0.6 is 15.9 Å². The molecule has 2 aromatic rings. The van der Waals surface area contributed by atoms with Crippen molar-refractivity contribution in [3.63, 3.8) is 0 Å². The summed E-state index contributed by atoms with van der Waals surface area (Å²) in [5.74, 6) is -0.212. The van der Waals surface area contributed by atoms with Crippen LogP contribution in [0.1, 0.15) is 22.7 Å². The summed E-state index contributed by atoms with van der Waals surface area (Å²) in [6.45, 7) is 2.05. The summed E-state index contributed by atoms with van der Waals surface area (Å²) >= 11 is 3.57. The van der Waals surface area contributed by atoms with Gasteiger partial charge in [-0.15, -0.1) is 0 Å². The maximum atomic E-state index is 13.3. The fourth-order valence-corrected chi connectivity index (χ4v) is 2.78. The van der Waals surface area contributed by atoms with Gasteiger partial charge in [-0.3, -0.25) is 0 Å². The number of hydrogen-bond acceptors (Lipinski definition) is 1. The molecule has 0 aliphatic carbocycles. The molecular weight excluding hydrogens is 293 g/mol. The molecule has 0 aromatic heterocycles. The Morgan fingerprint density at radius 2 is 1.94 bits per heavy atom. The molecule has 1 atom stereocenters. The van der Waals surface area contributed by atoms with E-state index in [-0.39, 0.29) is 11.9 Å². The van der Waals surface area contributed by atoms with Gasteiger partial charge in [0.05, 0.1) is 6.04 Å². The second-order valence-electron chi connectivity index (χ2n) is 4.30. The lowest BCUT2D eigenvalue weighted by atomic mass is 9.98. The van der Waals surface area contributed by atoms with Crippen molar-refractivity contribution >= 4 is 15.9 Å². The summed E-state index contributed by atoms with van der Waals surface area (Å²) in [5, 5.41) is 3.23. The molecular formula is C15H15BrFN. The monoisotopic (exact) mass is 307 g/mol. The predicted octanol–water partition coefficient (Wildman–Crippen LogP) is 4.21. The van der Waals surface area contributed by atoms with E-state index in [1.807, 2.05) is 20.0 Å². The number of rotatable bonds is 3. The number of halogens is 2. The van der Waals surface area contributed by atoms with Gasteiger partial charge in [0, 0.05) is 4.47 Å². The van der Waals surface area contributed by atoms with E-state index in [0.717, 1.165) is 15.6 Å². The summed E-state index contributed by atoms with van der Waals surface area (Å²) in [4.78, 5) is 0. The van der Waals surface area contributed by atoms with Crippen molar-refractivity contribution in [3.05, 3.63) is 69.4 Å². The van der Waals surface area contributed by atoms with Crippen molar-refractivity contribution in [2.24, 2.45) is 0 Å². The lowest BCUT2D eigenvalue weighted by molar-refractivity contribution is 0.616. The highest BCUT2D eigenvalue weighted by Gasteiger charge is 2.15. The molecule has 2 rings (SSSR count). The number of nitrogens with one attached hydrogen (secondary N) is 1. The zero-order valence-electron chi connectivity index (χ0n) is 10.4. The Morgan fingerprint density at radius 3 is 2.56 bits per heavy atom. The molecule has 2 aromatic carbocycles. The van der Waals surface area contributed by atoms with Crippen LogP contribution in [0.5, 0.6) is 0 Å². The quantitative estimate of drug-likeness (QED) is 0.896. The molecule has 0 radical (unpaired) electrons. The van der Waals surface area contributed by atoms with Crippen LogP contribution in [0.2, 0.25) is 0 Å². The first kappa shape index (κ1) is 13.2. The second-order valence-corrected chi connectivity index (χ2v) is 5.16. The molecule has 0 bridgehead atoms. The van der Waals surface area contributed by atoms with Crippen LogP contribution in [-0.4, -0.2) is 7.05 Å². The predicted molar refractivity (Wildman–Crippen MR) is 76.2 cm³/mol. The van der Waals surface area contributed by atoms with Gasteiger partial charge in [-0.1, -0.05) is 40.2 Å². The Balaban J connectivity index is 2.45. The lowest BCUT2D eigenvalue weighted by Crippen LogP contribution is -2.18. The van der Waals surface area contributed by atoms with Crippen LogP contribution in [0.4, 0.5) is 4.39 Å². The van der Waals surface area contributed by atoms with Crippen molar-refractivity contribution in [1.29, 1.82) is 0 Å². The Kier molecular flexibility index (Phi) is 4.15. The Hall–Kier alpha value is -1.19. The standard InChI is InChI=1S/C15H15BrFN/c1-10-6-7-13(14(16)8-10)15(18-2)11-4-3-5-12(17)9-11/h3-9,15,18H,1-2H3. The zero-order valence-corrected chi connectivity index (χ0v) is 12.0. The summed E-state index contributed by atoms with van der Waals surface area (Å²) in [6.07, 6.45) is 0. The van der Waals surface area contributed by atoms with Gasteiger partial charge in [0.25, 0.3) is 0 Å². The Bertz CT molecular complexity index is 554. The van der Waals surface area contributed by atoms with Gasteiger partial charge in [-0.2, -0.15) is 0 Å². The third-order valence-electron chi connectivity index (χ3n) is 2.94. The smallest absolute Gasteiger partial charge is 0.123 e. The van der Waals surface area contributed by atoms with E-state index in [2.05, 4.69) is 39.4 Å². The highest BCUT2D eigenvalue weighted by atomic mass is 79.9. The molecule has 0 saturated heterocycles. The highest BCUT2D eigenvalue weighted by Crippen LogP contribution is 2.29. The molecule has 1 nitrogen and oxygen atoms in total. The molecule has 0 aliphatic heterocycles. The van der Waals surface area contributed by atoms with Gasteiger partial charge in [0.15, 0.2) is 0 Å². The molecule has 0 aliphatic rings. The number of aryl methyl sites for hydroxylation is 1. The van der Waals surface area contributed by atoms with Crippen LogP contribution < -0.4 is 5.32 Å². The van der Waals surface area contributed by atoms with Gasteiger partial charge in [-0.25, -0.2) is 4.39 Å². The molecule has 18 heavy (non-hydrogen) atoms. The van der Waals surface area contributed by atoms with Crippen molar-refractivity contribution in [3.8, 4) is 0 Å². The van der Waals surface area contributed by atoms with E-state index < -0.39 is 0 Å². The topological polar surface area (TPSA) is 12.0 Å². The number of benzene rings is 2. The maximum Gasteiger partial charge on any atom is 0.123 e. The molecule has 1 unspecified atom stereocenters. The third-order valence-corrected chi connectivity index (χ3v) is 3.62. The molecule has 0 saturated carbocycles. The Labute approximate surface area is 115 Å². The second kappa shape index (κ2) is 5.63. The van der Waals surface area contributed by atoms with Crippen molar-refractivity contribution < 1.29 is 4.39 Å². The minimum absolute atomic E-state index is 0.0179. The lowest BCUT2D eigenvalue weighted by Gasteiger charge is -2.19. The fourth-order valence-electron chi connectivity index (χ4n) is 2.05. The minimum Gasteiger partial charge on any atom is -0.309 e.